The summed E-state index contributed by atoms with van der Waals surface area (Å²) in [6, 6.07) is 5.52. The minimum Gasteiger partial charge on any atom is -0.345 e. The highest BCUT2D eigenvalue weighted by atomic mass is 16.2. The van der Waals surface area contributed by atoms with Gasteiger partial charge in [-0.05, 0) is 12.1 Å². The SMILES string of the molecule is O=CN1CCN(C(=O)c2cccc3[nH]cnc23)CC1. The molecule has 19 heavy (non-hydrogen) atoms. The van der Waals surface area contributed by atoms with E-state index in [2.05, 4.69) is 9.97 Å². The van der Waals surface area contributed by atoms with E-state index in [0.29, 0.717) is 37.3 Å². The maximum Gasteiger partial charge on any atom is 0.256 e. The van der Waals surface area contributed by atoms with E-state index in [0.717, 1.165) is 11.9 Å². The Morgan fingerprint density at radius 2 is 2.05 bits per heavy atom. The van der Waals surface area contributed by atoms with Gasteiger partial charge in [0.05, 0.1) is 17.4 Å². The van der Waals surface area contributed by atoms with Crippen LogP contribution in [-0.4, -0.2) is 58.3 Å². The Bertz CT molecular complexity index is 614. The molecule has 2 aromatic rings. The number of fused-ring (bicyclic) bond motifs is 1. The monoisotopic (exact) mass is 258 g/mol. The first-order chi connectivity index (χ1) is 9.29. The van der Waals surface area contributed by atoms with Crippen molar-refractivity contribution in [1.82, 2.24) is 19.8 Å². The number of aromatic nitrogens is 2. The number of hydrogen-bond acceptors (Lipinski definition) is 3. The molecular formula is C13H14N4O2. The number of aromatic amines is 1. The molecule has 0 radical (unpaired) electrons. The fraction of sp³-hybridized carbons (Fsp3) is 0.308. The van der Waals surface area contributed by atoms with Gasteiger partial charge >= 0.3 is 0 Å². The van der Waals surface area contributed by atoms with Crippen molar-refractivity contribution in [1.29, 1.82) is 0 Å². The highest BCUT2D eigenvalue weighted by Crippen LogP contribution is 2.17. The van der Waals surface area contributed by atoms with Crippen molar-refractivity contribution in [3.63, 3.8) is 0 Å². The summed E-state index contributed by atoms with van der Waals surface area (Å²) in [6.07, 6.45) is 2.42. The molecule has 0 bridgehead atoms. The third kappa shape index (κ3) is 2.05. The van der Waals surface area contributed by atoms with Crippen LogP contribution in [0.25, 0.3) is 11.0 Å². The summed E-state index contributed by atoms with van der Waals surface area (Å²) in [7, 11) is 0. The highest BCUT2D eigenvalue weighted by Gasteiger charge is 2.23. The van der Waals surface area contributed by atoms with Crippen LogP contribution in [-0.2, 0) is 4.79 Å². The first-order valence-corrected chi connectivity index (χ1v) is 6.20. The quantitative estimate of drug-likeness (QED) is 0.796. The Hall–Kier alpha value is -2.37. The Balaban J connectivity index is 1.84. The van der Waals surface area contributed by atoms with Gasteiger partial charge in [0.1, 0.15) is 5.52 Å². The van der Waals surface area contributed by atoms with Crippen LogP contribution in [0, 0.1) is 0 Å². The van der Waals surface area contributed by atoms with E-state index < -0.39 is 0 Å². The van der Waals surface area contributed by atoms with E-state index in [9.17, 15) is 9.59 Å². The summed E-state index contributed by atoms with van der Waals surface area (Å²) in [4.78, 5) is 33.8. The average Bonchev–Trinajstić information content (AvgIpc) is 2.95. The van der Waals surface area contributed by atoms with Gasteiger partial charge in [0.25, 0.3) is 5.91 Å². The normalized spacial score (nSPS) is 15.8. The van der Waals surface area contributed by atoms with E-state index in [-0.39, 0.29) is 5.91 Å². The van der Waals surface area contributed by atoms with Crippen LogP contribution in [0.4, 0.5) is 0 Å². The molecule has 2 amide bonds. The highest BCUT2D eigenvalue weighted by molar-refractivity contribution is 6.04. The Morgan fingerprint density at radius 3 is 2.79 bits per heavy atom. The molecule has 1 aliphatic heterocycles. The number of benzene rings is 1. The standard InChI is InChI=1S/C13H14N4O2/c18-9-16-4-6-17(7-5-16)13(19)10-2-1-3-11-12(10)15-8-14-11/h1-3,8-9H,4-7H2,(H,14,15). The number of piperazine rings is 1. The van der Waals surface area contributed by atoms with Gasteiger partial charge in [0.2, 0.25) is 6.41 Å². The van der Waals surface area contributed by atoms with Crippen LogP contribution in [0.2, 0.25) is 0 Å². The summed E-state index contributed by atoms with van der Waals surface area (Å²) in [5, 5.41) is 0. The van der Waals surface area contributed by atoms with Crippen molar-refractivity contribution < 1.29 is 9.59 Å². The van der Waals surface area contributed by atoms with Crippen LogP contribution in [0.3, 0.4) is 0 Å². The number of para-hydroxylation sites is 1. The van der Waals surface area contributed by atoms with Gasteiger partial charge in [0, 0.05) is 26.2 Å². The van der Waals surface area contributed by atoms with Crippen LogP contribution in [0.15, 0.2) is 24.5 Å². The third-order valence-corrected chi connectivity index (χ3v) is 3.43. The van der Waals surface area contributed by atoms with Crippen LogP contribution in [0.5, 0.6) is 0 Å². The van der Waals surface area contributed by atoms with E-state index in [1.807, 2.05) is 12.1 Å². The summed E-state index contributed by atoms with van der Waals surface area (Å²) in [5.74, 6) is -0.0248. The molecule has 1 N–H and O–H groups in total. The zero-order chi connectivity index (χ0) is 13.2. The second kappa shape index (κ2) is 4.72. The second-order valence-corrected chi connectivity index (χ2v) is 4.54. The summed E-state index contributed by atoms with van der Waals surface area (Å²) < 4.78 is 0. The maximum atomic E-state index is 12.5. The molecule has 2 heterocycles. The molecule has 0 atom stereocenters. The van der Waals surface area contributed by atoms with Crippen LogP contribution in [0.1, 0.15) is 10.4 Å². The Morgan fingerprint density at radius 1 is 1.26 bits per heavy atom. The molecule has 6 heteroatoms. The van der Waals surface area contributed by atoms with Crippen LogP contribution >= 0.6 is 0 Å². The second-order valence-electron chi connectivity index (χ2n) is 4.54. The van der Waals surface area contributed by atoms with Crippen molar-refractivity contribution >= 4 is 23.4 Å². The summed E-state index contributed by atoms with van der Waals surface area (Å²) in [6.45, 7) is 2.31. The Labute approximate surface area is 110 Å². The minimum absolute atomic E-state index is 0.0248. The lowest BCUT2D eigenvalue weighted by molar-refractivity contribution is -0.119. The van der Waals surface area contributed by atoms with Crippen molar-refractivity contribution in [3.8, 4) is 0 Å². The molecule has 1 aliphatic rings. The number of imidazole rings is 1. The number of amides is 2. The molecule has 0 aliphatic carbocycles. The lowest BCUT2D eigenvalue weighted by atomic mass is 10.1. The molecule has 1 saturated heterocycles. The van der Waals surface area contributed by atoms with Gasteiger partial charge in [-0.2, -0.15) is 0 Å². The predicted octanol–water partition coefficient (Wildman–Crippen LogP) is 0.477. The number of nitrogens with zero attached hydrogens (tertiary/aromatic N) is 3. The lowest BCUT2D eigenvalue weighted by Crippen LogP contribution is -2.48. The average molecular weight is 258 g/mol. The van der Waals surface area contributed by atoms with Crippen molar-refractivity contribution in [2.45, 2.75) is 0 Å². The molecule has 0 spiro atoms. The zero-order valence-electron chi connectivity index (χ0n) is 10.4. The smallest absolute Gasteiger partial charge is 0.256 e. The summed E-state index contributed by atoms with van der Waals surface area (Å²) >= 11 is 0. The van der Waals surface area contributed by atoms with Crippen molar-refractivity contribution in [2.75, 3.05) is 26.2 Å². The number of H-pyrrole nitrogens is 1. The molecule has 0 saturated carbocycles. The third-order valence-electron chi connectivity index (χ3n) is 3.43. The van der Waals surface area contributed by atoms with Gasteiger partial charge in [0.15, 0.2) is 0 Å². The van der Waals surface area contributed by atoms with Gasteiger partial charge in [-0.1, -0.05) is 6.07 Å². The van der Waals surface area contributed by atoms with E-state index in [1.54, 1.807) is 22.2 Å². The number of hydrogen-bond donors (Lipinski definition) is 1. The molecule has 6 nitrogen and oxygen atoms in total. The summed E-state index contributed by atoms with van der Waals surface area (Å²) in [5.41, 5.74) is 2.17. The number of nitrogens with one attached hydrogen (secondary N) is 1. The zero-order valence-corrected chi connectivity index (χ0v) is 10.4. The number of rotatable bonds is 2. The lowest BCUT2D eigenvalue weighted by Gasteiger charge is -2.32. The largest absolute Gasteiger partial charge is 0.345 e. The van der Waals surface area contributed by atoms with E-state index >= 15 is 0 Å². The molecule has 1 fully saturated rings. The van der Waals surface area contributed by atoms with E-state index in [4.69, 9.17) is 0 Å². The topological polar surface area (TPSA) is 69.3 Å². The minimum atomic E-state index is -0.0248. The molecule has 98 valence electrons. The molecule has 1 aromatic carbocycles. The molecular weight excluding hydrogens is 244 g/mol. The fourth-order valence-corrected chi connectivity index (χ4v) is 2.34. The first kappa shape index (κ1) is 11.7. The van der Waals surface area contributed by atoms with Crippen molar-refractivity contribution in [2.24, 2.45) is 0 Å². The molecule has 3 rings (SSSR count). The first-order valence-electron chi connectivity index (χ1n) is 6.20. The molecule has 1 aromatic heterocycles. The van der Waals surface area contributed by atoms with Crippen molar-refractivity contribution in [3.05, 3.63) is 30.1 Å². The van der Waals surface area contributed by atoms with Gasteiger partial charge in [-0.25, -0.2) is 4.98 Å². The Kier molecular flexibility index (Phi) is 2.91. The fourth-order valence-electron chi connectivity index (χ4n) is 2.34. The van der Waals surface area contributed by atoms with Gasteiger partial charge in [-0.15, -0.1) is 0 Å². The molecule has 0 unspecified atom stereocenters. The van der Waals surface area contributed by atoms with E-state index in [1.165, 1.54) is 0 Å². The number of carbonyl (C=O) groups is 2. The van der Waals surface area contributed by atoms with Gasteiger partial charge in [-0.3, -0.25) is 9.59 Å². The predicted molar refractivity (Wildman–Crippen MR) is 69.6 cm³/mol. The van der Waals surface area contributed by atoms with Gasteiger partial charge < -0.3 is 14.8 Å². The number of carbonyl (C=O) groups excluding carboxylic acids is 2. The van der Waals surface area contributed by atoms with Crippen LogP contribution < -0.4 is 0 Å². The maximum absolute atomic E-state index is 12.5.